The Morgan fingerprint density at radius 2 is 1.95 bits per heavy atom. The van der Waals surface area contributed by atoms with Crippen molar-refractivity contribution in [3.8, 4) is 11.1 Å². The van der Waals surface area contributed by atoms with Gasteiger partial charge in [-0.3, -0.25) is 4.98 Å². The molecule has 1 N–H and O–H groups in total. The fraction of sp³-hybridized carbons (Fsp3) is 0.312. The lowest BCUT2D eigenvalue weighted by molar-refractivity contribution is 0.553. The maximum Gasteiger partial charge on any atom is 0.128 e. The van der Waals surface area contributed by atoms with Crippen LogP contribution in [0.4, 0.5) is 4.39 Å². The predicted molar refractivity (Wildman–Crippen MR) is 76.3 cm³/mol. The highest BCUT2D eigenvalue weighted by atomic mass is 19.1. The van der Waals surface area contributed by atoms with Crippen LogP contribution in [0.5, 0.6) is 0 Å². The molecule has 0 spiro atoms. The third-order valence-corrected chi connectivity index (χ3v) is 2.96. The molecule has 100 valence electrons. The monoisotopic (exact) mass is 258 g/mol. The van der Waals surface area contributed by atoms with Crippen LogP contribution in [-0.4, -0.2) is 11.0 Å². The van der Waals surface area contributed by atoms with Gasteiger partial charge < -0.3 is 5.32 Å². The number of aromatic nitrogens is 1. The summed E-state index contributed by atoms with van der Waals surface area (Å²) in [4.78, 5) is 4.14. The summed E-state index contributed by atoms with van der Waals surface area (Å²) in [6.45, 7) is 6.62. The lowest BCUT2D eigenvalue weighted by Gasteiger charge is -2.10. The number of pyridine rings is 1. The Balaban J connectivity index is 2.23. The molecule has 3 heteroatoms. The van der Waals surface area contributed by atoms with Gasteiger partial charge in [-0.2, -0.15) is 0 Å². The van der Waals surface area contributed by atoms with Crippen LogP contribution < -0.4 is 5.32 Å². The average molecular weight is 258 g/mol. The highest BCUT2D eigenvalue weighted by Gasteiger charge is 2.06. The van der Waals surface area contributed by atoms with E-state index in [1.54, 1.807) is 18.5 Å². The minimum Gasteiger partial charge on any atom is -0.310 e. The highest BCUT2D eigenvalue weighted by molar-refractivity contribution is 5.63. The topological polar surface area (TPSA) is 24.9 Å². The Hall–Kier alpha value is -1.74. The zero-order chi connectivity index (χ0) is 13.8. The Labute approximate surface area is 113 Å². The summed E-state index contributed by atoms with van der Waals surface area (Å²) in [6.07, 6.45) is 3.55. The quantitative estimate of drug-likeness (QED) is 0.904. The maximum absolute atomic E-state index is 14.0. The van der Waals surface area contributed by atoms with Gasteiger partial charge in [0.25, 0.3) is 0 Å². The van der Waals surface area contributed by atoms with E-state index in [-0.39, 0.29) is 5.82 Å². The highest BCUT2D eigenvalue weighted by Crippen LogP contribution is 2.22. The summed E-state index contributed by atoms with van der Waals surface area (Å²) >= 11 is 0. The van der Waals surface area contributed by atoms with Crippen LogP contribution >= 0.6 is 0 Å². The summed E-state index contributed by atoms with van der Waals surface area (Å²) in [5.74, 6) is -0.174. The van der Waals surface area contributed by atoms with Crippen LogP contribution in [0.15, 0.2) is 36.7 Å². The second kappa shape index (κ2) is 5.93. The maximum atomic E-state index is 14.0. The molecule has 0 amide bonds. The van der Waals surface area contributed by atoms with Crippen molar-refractivity contribution in [2.45, 2.75) is 33.4 Å². The van der Waals surface area contributed by atoms with Gasteiger partial charge in [-0.05, 0) is 30.2 Å². The number of benzene rings is 1. The first-order valence-electron chi connectivity index (χ1n) is 6.50. The summed E-state index contributed by atoms with van der Waals surface area (Å²) in [6, 6.07) is 7.71. The van der Waals surface area contributed by atoms with E-state index < -0.39 is 0 Å². The second-order valence-corrected chi connectivity index (χ2v) is 5.09. The van der Waals surface area contributed by atoms with Gasteiger partial charge >= 0.3 is 0 Å². The van der Waals surface area contributed by atoms with Gasteiger partial charge in [-0.1, -0.05) is 26.0 Å². The number of hydrogen-bond acceptors (Lipinski definition) is 2. The normalized spacial score (nSPS) is 11.0. The molecule has 1 aromatic carbocycles. The number of nitrogens with one attached hydrogen (secondary N) is 1. The van der Waals surface area contributed by atoms with Gasteiger partial charge in [0.15, 0.2) is 0 Å². The first-order chi connectivity index (χ1) is 9.06. The molecule has 0 aliphatic heterocycles. The van der Waals surface area contributed by atoms with Crippen LogP contribution in [0, 0.1) is 12.7 Å². The molecule has 2 rings (SSSR count). The van der Waals surface area contributed by atoms with Crippen molar-refractivity contribution in [2.24, 2.45) is 0 Å². The molecule has 0 radical (unpaired) electrons. The van der Waals surface area contributed by atoms with Crippen molar-refractivity contribution in [1.29, 1.82) is 0 Å². The fourth-order valence-electron chi connectivity index (χ4n) is 1.90. The molecule has 19 heavy (non-hydrogen) atoms. The third-order valence-electron chi connectivity index (χ3n) is 2.96. The first kappa shape index (κ1) is 13.7. The van der Waals surface area contributed by atoms with E-state index in [2.05, 4.69) is 10.3 Å². The summed E-state index contributed by atoms with van der Waals surface area (Å²) in [7, 11) is 0. The Bertz CT molecular complexity index is 564. The zero-order valence-electron chi connectivity index (χ0n) is 11.6. The third kappa shape index (κ3) is 3.61. The first-order valence-corrected chi connectivity index (χ1v) is 6.50. The van der Waals surface area contributed by atoms with E-state index in [9.17, 15) is 4.39 Å². The molecule has 2 nitrogen and oxygen atoms in total. The van der Waals surface area contributed by atoms with Crippen molar-refractivity contribution in [1.82, 2.24) is 10.3 Å². The van der Waals surface area contributed by atoms with Crippen molar-refractivity contribution >= 4 is 0 Å². The van der Waals surface area contributed by atoms with Gasteiger partial charge in [-0.25, -0.2) is 4.39 Å². The molecular formula is C16H19FN2. The largest absolute Gasteiger partial charge is 0.310 e. The minimum absolute atomic E-state index is 0.174. The standard InChI is InChI=1S/C16H19FN2/c1-11(2)19-10-14-5-4-13(7-16(14)17)15-6-12(3)8-18-9-15/h4-9,11,19H,10H2,1-3H3. The lowest BCUT2D eigenvalue weighted by atomic mass is 10.0. The van der Waals surface area contributed by atoms with Gasteiger partial charge in [0, 0.05) is 36.1 Å². The molecule has 1 heterocycles. The summed E-state index contributed by atoms with van der Waals surface area (Å²) < 4.78 is 14.0. The molecular weight excluding hydrogens is 239 g/mol. The van der Waals surface area contributed by atoms with Gasteiger partial charge in [0.2, 0.25) is 0 Å². The average Bonchev–Trinajstić information content (AvgIpc) is 2.37. The number of rotatable bonds is 4. The predicted octanol–water partition coefficient (Wildman–Crippen LogP) is 3.69. The smallest absolute Gasteiger partial charge is 0.128 e. The Kier molecular flexibility index (Phi) is 4.27. The summed E-state index contributed by atoms with van der Waals surface area (Å²) in [5, 5.41) is 3.22. The van der Waals surface area contributed by atoms with Gasteiger partial charge in [0.05, 0.1) is 0 Å². The minimum atomic E-state index is -0.174. The van der Waals surface area contributed by atoms with E-state index in [0.29, 0.717) is 18.2 Å². The van der Waals surface area contributed by atoms with Gasteiger partial charge in [0.1, 0.15) is 5.82 Å². The molecule has 0 aliphatic carbocycles. The van der Waals surface area contributed by atoms with Crippen LogP contribution in [0.3, 0.4) is 0 Å². The molecule has 0 fully saturated rings. The van der Waals surface area contributed by atoms with Crippen molar-refractivity contribution in [3.63, 3.8) is 0 Å². The van der Waals surface area contributed by atoms with Crippen molar-refractivity contribution in [3.05, 3.63) is 53.6 Å². The van der Waals surface area contributed by atoms with Crippen LogP contribution in [-0.2, 0) is 6.54 Å². The molecule has 0 atom stereocenters. The van der Waals surface area contributed by atoms with E-state index >= 15 is 0 Å². The molecule has 1 aromatic heterocycles. The molecule has 2 aromatic rings. The molecule has 0 unspecified atom stereocenters. The lowest BCUT2D eigenvalue weighted by Crippen LogP contribution is -2.22. The van der Waals surface area contributed by atoms with Crippen molar-refractivity contribution in [2.75, 3.05) is 0 Å². The van der Waals surface area contributed by atoms with Crippen LogP contribution in [0.2, 0.25) is 0 Å². The number of aryl methyl sites for hydroxylation is 1. The van der Waals surface area contributed by atoms with E-state index in [1.807, 2.05) is 39.0 Å². The van der Waals surface area contributed by atoms with Crippen molar-refractivity contribution < 1.29 is 4.39 Å². The van der Waals surface area contributed by atoms with E-state index in [1.165, 1.54) is 0 Å². The molecule has 0 bridgehead atoms. The second-order valence-electron chi connectivity index (χ2n) is 5.09. The number of nitrogens with zero attached hydrogens (tertiary/aromatic N) is 1. The summed E-state index contributed by atoms with van der Waals surface area (Å²) in [5.41, 5.74) is 3.57. The SMILES string of the molecule is Cc1cncc(-c2ccc(CNC(C)C)c(F)c2)c1. The number of halogens is 1. The van der Waals surface area contributed by atoms with E-state index in [4.69, 9.17) is 0 Å². The van der Waals surface area contributed by atoms with E-state index in [0.717, 1.165) is 16.7 Å². The van der Waals surface area contributed by atoms with Gasteiger partial charge in [-0.15, -0.1) is 0 Å². The van der Waals surface area contributed by atoms with Crippen LogP contribution in [0.1, 0.15) is 25.0 Å². The zero-order valence-corrected chi connectivity index (χ0v) is 11.6. The molecule has 0 aliphatic rings. The Morgan fingerprint density at radius 1 is 1.16 bits per heavy atom. The Morgan fingerprint density at radius 3 is 2.58 bits per heavy atom. The molecule has 0 saturated heterocycles. The number of hydrogen-bond donors (Lipinski definition) is 1. The molecule has 0 saturated carbocycles. The fourth-order valence-corrected chi connectivity index (χ4v) is 1.90. The van der Waals surface area contributed by atoms with Crippen LogP contribution in [0.25, 0.3) is 11.1 Å².